The van der Waals surface area contributed by atoms with E-state index in [2.05, 4.69) is 504 Å². The molecule has 0 fully saturated rings. The van der Waals surface area contributed by atoms with Gasteiger partial charge < -0.3 is 13.3 Å². The van der Waals surface area contributed by atoms with Gasteiger partial charge in [0, 0.05) is 49.0 Å². The van der Waals surface area contributed by atoms with Crippen molar-refractivity contribution < 1.29 is 13.3 Å². The van der Waals surface area contributed by atoms with E-state index < -0.39 is 0 Å². The van der Waals surface area contributed by atoms with Gasteiger partial charge in [-0.15, -0.1) is 0 Å². The quantitative estimate of drug-likeness (QED) is 0.128. The molecule has 0 bridgehead atoms. The van der Waals surface area contributed by atoms with Crippen molar-refractivity contribution in [3.8, 4) is 111 Å². The number of hydrogen-bond acceptors (Lipinski definition) is 3. The fraction of sp³-hybridized carbons (Fsp3) is 0.137. The summed E-state index contributed by atoms with van der Waals surface area (Å²) in [5.74, 6) is 0. The first kappa shape index (κ1) is 91.9. The fourth-order valence-corrected chi connectivity index (χ4v) is 23.7. The van der Waals surface area contributed by atoms with Crippen LogP contribution in [0.5, 0.6) is 0 Å². The molecule has 28 rings (SSSR count). The van der Waals surface area contributed by atoms with Crippen LogP contribution >= 0.6 is 0 Å². The second-order valence-electron chi connectivity index (χ2n) is 46.5. The third-order valence-corrected chi connectivity index (χ3v) is 31.9. The Labute approximate surface area is 870 Å². The van der Waals surface area contributed by atoms with Crippen molar-refractivity contribution in [3.63, 3.8) is 0 Å². The molecule has 149 heavy (non-hydrogen) atoms. The summed E-state index contributed by atoms with van der Waals surface area (Å²) in [6, 6.07) is 159. The minimum Gasteiger partial charge on any atom is -0.455 e. The van der Waals surface area contributed by atoms with Crippen molar-refractivity contribution in [1.82, 2.24) is 0 Å². The zero-order valence-corrected chi connectivity index (χ0v) is 87.2. The zero-order chi connectivity index (χ0) is 102. The minimum atomic E-state index is 0.0600. The van der Waals surface area contributed by atoms with Crippen LogP contribution in [0, 0.1) is 0 Å². The monoisotopic (exact) mass is 1920 g/mol. The molecule has 3 heterocycles. The molecule has 0 aliphatic carbocycles. The van der Waals surface area contributed by atoms with Gasteiger partial charge in [0.25, 0.3) is 0 Å². The molecule has 3 nitrogen and oxygen atoms in total. The second-order valence-corrected chi connectivity index (χ2v) is 46.5. The molecule has 3 aromatic heterocycles. The van der Waals surface area contributed by atoms with E-state index in [-0.39, 0.29) is 27.1 Å². The lowest BCUT2D eigenvalue weighted by atomic mass is 9.81. The Kier molecular flexibility index (Phi) is 21.5. The molecule has 0 atom stereocenters. The highest BCUT2D eigenvalue weighted by Gasteiger charge is 2.29. The summed E-state index contributed by atoms with van der Waals surface area (Å²) in [6.07, 6.45) is 0. The molecule has 0 aliphatic heterocycles. The minimum absolute atomic E-state index is 0.0600. The molecule has 0 saturated heterocycles. The van der Waals surface area contributed by atoms with Crippen LogP contribution in [0.2, 0.25) is 0 Å². The van der Waals surface area contributed by atoms with Gasteiger partial charge in [-0.05, 0) is 283 Å². The lowest BCUT2D eigenvalue weighted by molar-refractivity contribution is 0.590. The maximum absolute atomic E-state index is 6.41. The molecule has 0 radical (unpaired) electrons. The maximum Gasteiger partial charge on any atom is 0.143 e. The van der Waals surface area contributed by atoms with Crippen LogP contribution in [0.25, 0.3) is 274 Å². The molecule has 28 aromatic rings. The summed E-state index contributed by atoms with van der Waals surface area (Å²) in [5, 5.41) is 30.6. The molecular weight excluding hydrogens is 1800 g/mol. The summed E-state index contributed by atoms with van der Waals surface area (Å²) in [5.41, 5.74) is 36.9. The molecule has 0 amide bonds. The van der Waals surface area contributed by atoms with Gasteiger partial charge >= 0.3 is 0 Å². The van der Waals surface area contributed by atoms with Crippen molar-refractivity contribution in [3.05, 3.63) is 459 Å². The number of benzene rings is 25. The Balaban J connectivity index is 0.000000113. The van der Waals surface area contributed by atoms with E-state index in [1.54, 1.807) is 0 Å². The lowest BCUT2D eigenvalue weighted by Gasteiger charge is -2.23. The Morgan fingerprint density at radius 2 is 0.349 bits per heavy atom. The molecular formula is C146H116O3. The summed E-state index contributed by atoms with van der Waals surface area (Å²) >= 11 is 0. The number of rotatable bonds is 10. The molecule has 0 saturated carbocycles. The SMILES string of the molecule is CC(C)(C)c1cc2ccc3c(-c4ccc(-c5ccccc5)cc4)cc(-c4ccc(-c5cccc6c5oc5ccccc56)cc4)c4ccc(c1)c2c34.CC(C)(C)c1ccc(-c2cc(-c3ccc(-c4cccc5c4oc4ccccc45)cc3)c3ccc4cc(C(C)(C)C)cc5ccc2c3c45)cc1.CC(C)(C)c1cccc(-c2cc(-c3ccc(-c4cccc5c4oc4ccccc45)cc3)c3ccc4cc(C(C)(C)C)cc5ccc2c3c45)c1. The number of fused-ring (bicyclic) bond motifs is 9. The lowest BCUT2D eigenvalue weighted by Crippen LogP contribution is -2.11. The molecule has 3 heteroatoms. The van der Waals surface area contributed by atoms with Crippen LogP contribution in [0.1, 0.15) is 132 Å². The topological polar surface area (TPSA) is 39.4 Å². The molecule has 0 spiro atoms. The number of furan rings is 3. The first-order valence-corrected chi connectivity index (χ1v) is 52.7. The molecule has 0 aliphatic rings. The highest BCUT2D eigenvalue weighted by molar-refractivity contribution is 6.32. The summed E-state index contributed by atoms with van der Waals surface area (Å²) in [6.45, 7) is 34.4. The standard InChI is InChI=1S/C50H36O.2C48H40O/c1-50(2,3)38-28-36-24-26-41-44(34-18-16-32(17-19-34)31-10-5-4-6-11-31)30-45(42-27-25-37(29-38)47(36)48(41)42)35-22-20-33(21-23-35)39-13-9-14-43-40-12-7-8-15-46(40)51-49(39)43;1-47(2,3)34-12-9-11-31(25-34)42-28-41(38-23-21-32-26-35(48(4,5)6)27-33-22-24-39(42)45(38)44(32)33)30-19-17-29(18-20-30)36-14-10-15-40-37-13-7-8-16-43(37)49-46(36)40;1-47(2,3)34-22-18-31(19-23-34)42-28-41(38-24-20-32-26-35(48(4,5)6)27-33-21-25-39(42)45(38)44(32)33)30-16-14-29(15-17-30)36-11-9-12-40-37-10-7-8-13-43(37)49-46(36)40/h4-30H,1-3H3;2*7-28H,1-6H3. The first-order valence-electron chi connectivity index (χ1n) is 52.7. The molecule has 0 N–H and O–H groups in total. The van der Waals surface area contributed by atoms with Crippen molar-refractivity contribution in [2.75, 3.05) is 0 Å². The normalized spacial score (nSPS) is 12.5. The third kappa shape index (κ3) is 15.9. The Morgan fingerprint density at radius 3 is 0.631 bits per heavy atom. The van der Waals surface area contributed by atoms with Gasteiger partial charge in [0.2, 0.25) is 0 Å². The van der Waals surface area contributed by atoms with Crippen LogP contribution in [0.4, 0.5) is 0 Å². The average Bonchev–Trinajstić information content (AvgIpc) is 1.71. The summed E-state index contributed by atoms with van der Waals surface area (Å²) in [7, 11) is 0. The van der Waals surface area contributed by atoms with Crippen LogP contribution in [-0.4, -0.2) is 0 Å². The smallest absolute Gasteiger partial charge is 0.143 e. The van der Waals surface area contributed by atoms with Crippen LogP contribution in [-0.2, 0) is 27.1 Å². The number of para-hydroxylation sites is 6. The molecule has 718 valence electrons. The van der Waals surface area contributed by atoms with Gasteiger partial charge in [-0.2, -0.15) is 0 Å². The largest absolute Gasteiger partial charge is 0.455 e. The Morgan fingerprint density at radius 1 is 0.128 bits per heavy atom. The summed E-state index contributed by atoms with van der Waals surface area (Å²) < 4.78 is 19.2. The fourth-order valence-electron chi connectivity index (χ4n) is 23.7. The van der Waals surface area contributed by atoms with Gasteiger partial charge in [0.15, 0.2) is 0 Å². The van der Waals surface area contributed by atoms with Crippen molar-refractivity contribution >= 4 is 163 Å². The van der Waals surface area contributed by atoms with Crippen molar-refractivity contribution in [2.45, 2.75) is 131 Å². The van der Waals surface area contributed by atoms with E-state index in [9.17, 15) is 0 Å². The van der Waals surface area contributed by atoms with Gasteiger partial charge in [-0.25, -0.2) is 0 Å². The molecule has 0 unspecified atom stereocenters. The van der Waals surface area contributed by atoms with Crippen molar-refractivity contribution in [2.24, 2.45) is 0 Å². The van der Waals surface area contributed by atoms with Gasteiger partial charge in [-0.3, -0.25) is 0 Å². The van der Waals surface area contributed by atoms with Crippen LogP contribution in [0.15, 0.2) is 444 Å². The van der Waals surface area contributed by atoms with E-state index in [1.807, 2.05) is 30.3 Å². The highest BCUT2D eigenvalue weighted by Crippen LogP contribution is 2.53. The average molecular weight is 1920 g/mol. The van der Waals surface area contributed by atoms with Gasteiger partial charge in [0.1, 0.15) is 33.5 Å². The first-order chi connectivity index (χ1) is 72.0. The van der Waals surface area contributed by atoms with E-state index in [4.69, 9.17) is 13.3 Å². The summed E-state index contributed by atoms with van der Waals surface area (Å²) in [4.78, 5) is 0. The number of hydrogen-bond donors (Lipinski definition) is 0. The highest BCUT2D eigenvalue weighted by atomic mass is 16.3. The second kappa shape index (κ2) is 34.9. The van der Waals surface area contributed by atoms with Gasteiger partial charge in [0.05, 0.1) is 0 Å². The van der Waals surface area contributed by atoms with E-state index in [0.29, 0.717) is 0 Å². The maximum atomic E-state index is 6.41. The van der Waals surface area contributed by atoms with E-state index in [0.717, 1.165) is 99.2 Å². The Hall–Kier alpha value is -17.0. The third-order valence-electron chi connectivity index (χ3n) is 31.9. The predicted octanol–water partition coefficient (Wildman–Crippen LogP) is 42.6. The molecule has 25 aromatic carbocycles. The Bertz CT molecular complexity index is 10100. The van der Waals surface area contributed by atoms with E-state index >= 15 is 0 Å². The van der Waals surface area contributed by atoms with Crippen molar-refractivity contribution in [1.29, 1.82) is 0 Å². The zero-order valence-electron chi connectivity index (χ0n) is 87.2. The van der Waals surface area contributed by atoms with Gasteiger partial charge in [-0.1, -0.05) is 498 Å². The van der Waals surface area contributed by atoms with E-state index in [1.165, 1.54) is 203 Å². The predicted molar refractivity (Wildman–Crippen MR) is 640 cm³/mol. The van der Waals surface area contributed by atoms with Crippen LogP contribution < -0.4 is 0 Å². The van der Waals surface area contributed by atoms with Crippen LogP contribution in [0.3, 0.4) is 0 Å².